The van der Waals surface area contributed by atoms with E-state index in [2.05, 4.69) is 37.6 Å². The van der Waals surface area contributed by atoms with E-state index in [1.807, 2.05) is 11.3 Å². The minimum Gasteiger partial charge on any atom is -0.381 e. The van der Waals surface area contributed by atoms with Gasteiger partial charge in [-0.05, 0) is 40.8 Å². The van der Waals surface area contributed by atoms with Gasteiger partial charge in [0.15, 0.2) is 0 Å². The number of hydrogen-bond donors (Lipinski definition) is 1. The van der Waals surface area contributed by atoms with E-state index in [-0.39, 0.29) is 0 Å². The zero-order valence-electron chi connectivity index (χ0n) is 11.1. The van der Waals surface area contributed by atoms with Gasteiger partial charge < -0.3 is 10.1 Å². The average Bonchev–Trinajstić information content (AvgIpc) is 2.88. The Labute approximate surface area is 127 Å². The molecule has 2 aliphatic heterocycles. The van der Waals surface area contributed by atoms with Crippen molar-refractivity contribution in [1.82, 2.24) is 10.2 Å². The molecule has 1 N–H and O–H groups in total. The highest BCUT2D eigenvalue weighted by atomic mass is 79.9. The van der Waals surface area contributed by atoms with Crippen LogP contribution in [0.15, 0.2) is 15.9 Å². The predicted octanol–water partition coefficient (Wildman–Crippen LogP) is 2.88. The zero-order chi connectivity index (χ0) is 13.1. The summed E-state index contributed by atoms with van der Waals surface area (Å²) >= 11 is 5.50. The fourth-order valence-electron chi connectivity index (χ4n) is 3.19. The molecule has 19 heavy (non-hydrogen) atoms. The second kappa shape index (κ2) is 6.68. The molecule has 3 heterocycles. The Hall–Kier alpha value is 0.0600. The number of ether oxygens (including phenoxy) is 1. The van der Waals surface area contributed by atoms with Crippen LogP contribution in [-0.2, 0) is 4.74 Å². The number of hydrogen-bond acceptors (Lipinski definition) is 4. The molecule has 1 atom stereocenters. The van der Waals surface area contributed by atoms with Gasteiger partial charge in [0.05, 0.1) is 0 Å². The molecule has 0 radical (unpaired) electrons. The first-order chi connectivity index (χ1) is 9.34. The van der Waals surface area contributed by atoms with E-state index in [0.29, 0.717) is 6.04 Å². The summed E-state index contributed by atoms with van der Waals surface area (Å²) in [6.45, 7) is 6.42. The van der Waals surface area contributed by atoms with Crippen molar-refractivity contribution >= 4 is 27.3 Å². The van der Waals surface area contributed by atoms with Crippen LogP contribution in [0.1, 0.15) is 23.8 Å². The number of thiophene rings is 1. The number of piperazine rings is 1. The van der Waals surface area contributed by atoms with Crippen LogP contribution in [0.4, 0.5) is 0 Å². The Morgan fingerprint density at radius 1 is 1.32 bits per heavy atom. The molecule has 1 aromatic heterocycles. The predicted molar refractivity (Wildman–Crippen MR) is 82.7 cm³/mol. The summed E-state index contributed by atoms with van der Waals surface area (Å²) < 4.78 is 6.76. The second-order valence-electron chi connectivity index (χ2n) is 5.35. The summed E-state index contributed by atoms with van der Waals surface area (Å²) in [5.74, 6) is 0.748. The lowest BCUT2D eigenvalue weighted by Gasteiger charge is -2.40. The van der Waals surface area contributed by atoms with E-state index in [4.69, 9.17) is 4.74 Å². The third-order valence-corrected chi connectivity index (χ3v) is 5.90. The van der Waals surface area contributed by atoms with Crippen molar-refractivity contribution < 1.29 is 4.74 Å². The van der Waals surface area contributed by atoms with Gasteiger partial charge >= 0.3 is 0 Å². The maximum absolute atomic E-state index is 5.54. The molecular weight excluding hydrogens is 324 g/mol. The molecule has 0 amide bonds. The van der Waals surface area contributed by atoms with Gasteiger partial charge in [0.1, 0.15) is 0 Å². The quantitative estimate of drug-likeness (QED) is 0.912. The number of nitrogens with zero attached hydrogens (tertiary/aromatic N) is 1. The molecule has 0 bridgehead atoms. The first kappa shape index (κ1) is 14.0. The van der Waals surface area contributed by atoms with Gasteiger partial charge in [0.2, 0.25) is 0 Å². The van der Waals surface area contributed by atoms with Gasteiger partial charge in [0, 0.05) is 60.2 Å². The number of nitrogens with one attached hydrogen (secondary N) is 1. The highest BCUT2D eigenvalue weighted by molar-refractivity contribution is 9.10. The minimum atomic E-state index is 0.585. The van der Waals surface area contributed by atoms with E-state index >= 15 is 0 Å². The Balaban J connectivity index is 1.81. The molecule has 0 aliphatic carbocycles. The molecule has 0 aromatic carbocycles. The zero-order valence-corrected chi connectivity index (χ0v) is 13.5. The molecule has 0 saturated carbocycles. The highest BCUT2D eigenvalue weighted by Gasteiger charge is 2.32. The van der Waals surface area contributed by atoms with Crippen molar-refractivity contribution in [2.45, 2.75) is 18.9 Å². The average molecular weight is 345 g/mol. The van der Waals surface area contributed by atoms with Crippen LogP contribution in [0.25, 0.3) is 0 Å². The molecule has 1 aromatic rings. The van der Waals surface area contributed by atoms with Crippen molar-refractivity contribution in [3.8, 4) is 0 Å². The Kier molecular flexibility index (Phi) is 4.92. The number of rotatable bonds is 3. The molecule has 3 rings (SSSR count). The fourth-order valence-corrected chi connectivity index (χ4v) is 4.86. The summed E-state index contributed by atoms with van der Waals surface area (Å²) in [7, 11) is 0. The largest absolute Gasteiger partial charge is 0.381 e. The third kappa shape index (κ3) is 3.39. The summed E-state index contributed by atoms with van der Waals surface area (Å²) in [5, 5.41) is 5.67. The molecule has 3 nitrogen and oxygen atoms in total. The molecule has 5 heteroatoms. The molecule has 106 valence electrons. The van der Waals surface area contributed by atoms with Crippen LogP contribution in [-0.4, -0.2) is 44.3 Å². The first-order valence-electron chi connectivity index (χ1n) is 7.11. The van der Waals surface area contributed by atoms with Gasteiger partial charge in [-0.15, -0.1) is 11.3 Å². The van der Waals surface area contributed by atoms with Crippen molar-refractivity contribution in [2.75, 3.05) is 39.4 Å². The van der Waals surface area contributed by atoms with Crippen molar-refractivity contribution in [3.63, 3.8) is 0 Å². The lowest BCUT2D eigenvalue weighted by molar-refractivity contribution is 0.0223. The maximum atomic E-state index is 5.54. The van der Waals surface area contributed by atoms with Crippen LogP contribution < -0.4 is 5.32 Å². The SMILES string of the molecule is Brc1csc([C@@H](C2CCOCC2)N2CCNCC2)c1. The fraction of sp³-hybridized carbons (Fsp3) is 0.714. The summed E-state index contributed by atoms with van der Waals surface area (Å²) in [5.41, 5.74) is 0. The first-order valence-corrected chi connectivity index (χ1v) is 8.78. The molecule has 2 aliphatic rings. The monoisotopic (exact) mass is 344 g/mol. The van der Waals surface area contributed by atoms with Crippen LogP contribution in [0.5, 0.6) is 0 Å². The lowest BCUT2D eigenvalue weighted by atomic mass is 9.89. The number of halogens is 1. The van der Waals surface area contributed by atoms with Gasteiger partial charge in [-0.1, -0.05) is 0 Å². The topological polar surface area (TPSA) is 24.5 Å². The van der Waals surface area contributed by atoms with Crippen LogP contribution >= 0.6 is 27.3 Å². The Morgan fingerprint density at radius 2 is 2.05 bits per heavy atom. The molecule has 0 unspecified atom stereocenters. The van der Waals surface area contributed by atoms with Crippen molar-refractivity contribution in [1.29, 1.82) is 0 Å². The minimum absolute atomic E-state index is 0.585. The summed E-state index contributed by atoms with van der Waals surface area (Å²) in [4.78, 5) is 4.19. The van der Waals surface area contributed by atoms with Gasteiger partial charge in [-0.25, -0.2) is 0 Å². The van der Waals surface area contributed by atoms with Crippen molar-refractivity contribution in [2.24, 2.45) is 5.92 Å². The van der Waals surface area contributed by atoms with Crippen molar-refractivity contribution in [3.05, 3.63) is 20.8 Å². The standard InChI is InChI=1S/C14H21BrN2OS/c15-12-9-13(19-10-12)14(11-1-7-18-8-2-11)17-5-3-16-4-6-17/h9-11,14,16H,1-8H2/t14-/m1/s1. The van der Waals surface area contributed by atoms with Gasteiger partial charge in [0.25, 0.3) is 0 Å². The summed E-state index contributed by atoms with van der Waals surface area (Å²) in [6.07, 6.45) is 2.40. The molecule has 2 saturated heterocycles. The normalized spacial score (nSPS) is 24.5. The smallest absolute Gasteiger partial charge is 0.0472 e. The van der Waals surface area contributed by atoms with Crippen LogP contribution in [0.3, 0.4) is 0 Å². The van der Waals surface area contributed by atoms with E-state index in [1.54, 1.807) is 0 Å². The Bertz CT molecular complexity index is 382. The van der Waals surface area contributed by atoms with E-state index in [9.17, 15) is 0 Å². The van der Waals surface area contributed by atoms with E-state index < -0.39 is 0 Å². The third-order valence-electron chi connectivity index (χ3n) is 4.14. The second-order valence-corrected chi connectivity index (χ2v) is 7.21. The van der Waals surface area contributed by atoms with Crippen LogP contribution in [0, 0.1) is 5.92 Å². The van der Waals surface area contributed by atoms with Gasteiger partial charge in [-0.2, -0.15) is 0 Å². The Morgan fingerprint density at radius 3 is 2.68 bits per heavy atom. The lowest BCUT2D eigenvalue weighted by Crippen LogP contribution is -2.47. The molecule has 2 fully saturated rings. The maximum Gasteiger partial charge on any atom is 0.0472 e. The van der Waals surface area contributed by atoms with E-state index in [1.165, 1.54) is 22.2 Å². The van der Waals surface area contributed by atoms with E-state index in [0.717, 1.165) is 45.3 Å². The van der Waals surface area contributed by atoms with Crippen LogP contribution in [0.2, 0.25) is 0 Å². The van der Waals surface area contributed by atoms with Gasteiger partial charge in [-0.3, -0.25) is 4.90 Å². The molecule has 0 spiro atoms. The highest BCUT2D eigenvalue weighted by Crippen LogP contribution is 2.39. The molecular formula is C14H21BrN2OS. The summed E-state index contributed by atoms with van der Waals surface area (Å²) in [6, 6.07) is 2.90.